The van der Waals surface area contributed by atoms with Crippen LogP contribution in [0.4, 0.5) is 4.79 Å². The molecule has 10 nitrogen and oxygen atoms in total. The SMILES string of the molecule is Cc1ccc(S(=O)(=O)n2ccc3c(Oc4ccc(C[C@@H](C(=O)NC5CCCCC5)N(C)C(=O)O)cc4)ccnc32)cc1. The van der Waals surface area contributed by atoms with Crippen molar-refractivity contribution in [3.05, 3.63) is 84.2 Å². The Morgan fingerprint density at radius 3 is 2.40 bits per heavy atom. The van der Waals surface area contributed by atoms with Gasteiger partial charge in [0.05, 0.1) is 10.3 Å². The number of carboxylic acid groups (broad SMARTS) is 1. The molecule has 220 valence electrons. The molecule has 0 aliphatic heterocycles. The first-order chi connectivity index (χ1) is 20.1. The summed E-state index contributed by atoms with van der Waals surface area (Å²) in [6.07, 6.45) is 7.08. The summed E-state index contributed by atoms with van der Waals surface area (Å²) in [5, 5.41) is 13.2. The molecule has 2 heterocycles. The topological polar surface area (TPSA) is 131 Å². The van der Waals surface area contributed by atoms with Crippen LogP contribution in [0.5, 0.6) is 11.5 Å². The molecule has 11 heteroatoms. The maximum atomic E-state index is 13.3. The highest BCUT2D eigenvalue weighted by atomic mass is 32.2. The lowest BCUT2D eigenvalue weighted by molar-refractivity contribution is -0.126. The van der Waals surface area contributed by atoms with Crippen molar-refractivity contribution in [2.75, 3.05) is 7.05 Å². The van der Waals surface area contributed by atoms with E-state index in [9.17, 15) is 23.1 Å². The zero-order chi connectivity index (χ0) is 29.9. The summed E-state index contributed by atoms with van der Waals surface area (Å²) in [5.74, 6) is 0.632. The lowest BCUT2D eigenvalue weighted by Gasteiger charge is -2.29. The molecule has 1 aliphatic carbocycles. The number of nitrogens with one attached hydrogen (secondary N) is 1. The number of aromatic nitrogens is 2. The predicted molar refractivity (Wildman–Crippen MR) is 158 cm³/mol. The molecule has 2 aromatic heterocycles. The summed E-state index contributed by atoms with van der Waals surface area (Å²) in [5.41, 5.74) is 1.97. The van der Waals surface area contributed by atoms with Crippen LogP contribution < -0.4 is 10.1 Å². The summed E-state index contributed by atoms with van der Waals surface area (Å²) in [4.78, 5) is 30.3. The molecule has 1 fully saturated rings. The van der Waals surface area contributed by atoms with Crippen LogP contribution in [0.2, 0.25) is 0 Å². The number of likely N-dealkylation sites (N-methyl/N-ethyl adjacent to an activating group) is 1. The van der Waals surface area contributed by atoms with Crippen LogP contribution in [0.1, 0.15) is 43.2 Å². The van der Waals surface area contributed by atoms with Gasteiger partial charge in [-0.3, -0.25) is 9.69 Å². The Labute approximate surface area is 245 Å². The highest BCUT2D eigenvalue weighted by Crippen LogP contribution is 2.31. The highest BCUT2D eigenvalue weighted by Gasteiger charge is 2.29. The van der Waals surface area contributed by atoms with Gasteiger partial charge < -0.3 is 15.2 Å². The van der Waals surface area contributed by atoms with Crippen molar-refractivity contribution in [1.29, 1.82) is 0 Å². The summed E-state index contributed by atoms with van der Waals surface area (Å²) in [6.45, 7) is 1.89. The summed E-state index contributed by atoms with van der Waals surface area (Å²) in [7, 11) is -2.45. The second-order valence-electron chi connectivity index (χ2n) is 10.7. The van der Waals surface area contributed by atoms with Crippen molar-refractivity contribution in [1.82, 2.24) is 19.2 Å². The van der Waals surface area contributed by atoms with E-state index in [2.05, 4.69) is 10.3 Å². The summed E-state index contributed by atoms with van der Waals surface area (Å²) in [6, 6.07) is 16.2. The normalized spacial score (nSPS) is 14.8. The minimum Gasteiger partial charge on any atom is -0.465 e. The van der Waals surface area contributed by atoms with E-state index < -0.39 is 22.2 Å². The Bertz CT molecular complexity index is 1680. The molecular weight excluding hydrogens is 556 g/mol. The van der Waals surface area contributed by atoms with Crippen LogP contribution in [0, 0.1) is 6.92 Å². The van der Waals surface area contributed by atoms with E-state index in [1.807, 2.05) is 6.92 Å². The third-order valence-electron chi connectivity index (χ3n) is 7.70. The first-order valence-electron chi connectivity index (χ1n) is 13.9. The molecule has 0 bridgehead atoms. The maximum Gasteiger partial charge on any atom is 0.407 e. The van der Waals surface area contributed by atoms with E-state index in [0.29, 0.717) is 16.9 Å². The number of aryl methyl sites for hydroxylation is 1. The van der Waals surface area contributed by atoms with Crippen molar-refractivity contribution in [3.63, 3.8) is 0 Å². The van der Waals surface area contributed by atoms with E-state index in [4.69, 9.17) is 4.74 Å². The lowest BCUT2D eigenvalue weighted by atomic mass is 9.95. The van der Waals surface area contributed by atoms with Gasteiger partial charge in [0.2, 0.25) is 5.91 Å². The molecule has 42 heavy (non-hydrogen) atoms. The predicted octanol–water partition coefficient (Wildman–Crippen LogP) is 5.34. The second-order valence-corrected chi connectivity index (χ2v) is 12.5. The van der Waals surface area contributed by atoms with Crippen LogP contribution in [0.3, 0.4) is 0 Å². The molecule has 4 aromatic rings. The molecule has 2 aromatic carbocycles. The second kappa shape index (κ2) is 12.2. The minimum absolute atomic E-state index is 0.0747. The van der Waals surface area contributed by atoms with Crippen LogP contribution >= 0.6 is 0 Å². The van der Waals surface area contributed by atoms with E-state index in [0.717, 1.165) is 52.1 Å². The third kappa shape index (κ3) is 6.25. The van der Waals surface area contributed by atoms with Gasteiger partial charge in [0, 0.05) is 31.9 Å². The van der Waals surface area contributed by atoms with Crippen molar-refractivity contribution in [2.45, 2.75) is 62.4 Å². The van der Waals surface area contributed by atoms with Crippen LogP contribution in [0.25, 0.3) is 11.0 Å². The fraction of sp³-hybridized carbons (Fsp3) is 0.323. The zero-order valence-electron chi connectivity index (χ0n) is 23.6. The smallest absolute Gasteiger partial charge is 0.407 e. The average molecular weight is 591 g/mol. The van der Waals surface area contributed by atoms with Gasteiger partial charge in [-0.05, 0) is 61.7 Å². The molecule has 1 aliphatic rings. The van der Waals surface area contributed by atoms with E-state index in [1.54, 1.807) is 60.7 Å². The number of hydrogen-bond acceptors (Lipinski definition) is 6. The molecule has 5 rings (SSSR count). The highest BCUT2D eigenvalue weighted by molar-refractivity contribution is 7.90. The van der Waals surface area contributed by atoms with Crippen molar-refractivity contribution in [3.8, 4) is 11.5 Å². The zero-order valence-corrected chi connectivity index (χ0v) is 24.4. The number of amides is 2. The number of carbonyl (C=O) groups excluding carboxylic acids is 1. The fourth-order valence-corrected chi connectivity index (χ4v) is 6.53. The molecule has 0 unspecified atom stereocenters. The third-order valence-corrected chi connectivity index (χ3v) is 9.38. The van der Waals surface area contributed by atoms with E-state index in [1.165, 1.54) is 19.4 Å². The molecule has 2 N–H and O–H groups in total. The number of ether oxygens (including phenoxy) is 1. The van der Waals surface area contributed by atoms with Gasteiger partial charge in [-0.1, -0.05) is 49.1 Å². The number of nitrogens with zero attached hydrogens (tertiary/aromatic N) is 3. The molecule has 0 spiro atoms. The van der Waals surface area contributed by atoms with Gasteiger partial charge >= 0.3 is 6.09 Å². The van der Waals surface area contributed by atoms with Gasteiger partial charge in [-0.2, -0.15) is 0 Å². The number of fused-ring (bicyclic) bond motifs is 1. The number of benzene rings is 2. The molecular formula is C31H34N4O6S. The Kier molecular flexibility index (Phi) is 8.49. The van der Waals surface area contributed by atoms with E-state index in [-0.39, 0.29) is 28.9 Å². The number of hydrogen-bond donors (Lipinski definition) is 2. The first-order valence-corrected chi connectivity index (χ1v) is 15.4. The largest absolute Gasteiger partial charge is 0.465 e. The number of carbonyl (C=O) groups is 2. The van der Waals surface area contributed by atoms with Gasteiger partial charge in [-0.25, -0.2) is 22.2 Å². The van der Waals surface area contributed by atoms with Crippen molar-refractivity contribution in [2.24, 2.45) is 0 Å². The Morgan fingerprint density at radius 2 is 1.74 bits per heavy atom. The molecule has 0 saturated heterocycles. The molecule has 1 saturated carbocycles. The number of rotatable bonds is 9. The monoisotopic (exact) mass is 590 g/mol. The van der Waals surface area contributed by atoms with Crippen LogP contribution in [0.15, 0.2) is 78.0 Å². The van der Waals surface area contributed by atoms with Crippen molar-refractivity contribution < 1.29 is 27.9 Å². The average Bonchev–Trinajstić information content (AvgIpc) is 3.43. The Balaban J connectivity index is 1.33. The first kappa shape index (κ1) is 29.1. The summed E-state index contributed by atoms with van der Waals surface area (Å²) >= 11 is 0. The van der Waals surface area contributed by atoms with Crippen LogP contribution in [-0.2, 0) is 21.2 Å². The molecule has 0 radical (unpaired) electrons. The minimum atomic E-state index is -3.86. The fourth-order valence-electron chi connectivity index (χ4n) is 5.22. The van der Waals surface area contributed by atoms with Crippen molar-refractivity contribution >= 4 is 33.1 Å². The van der Waals surface area contributed by atoms with Gasteiger partial charge in [0.25, 0.3) is 10.0 Å². The number of pyridine rings is 1. The van der Waals surface area contributed by atoms with Crippen LogP contribution in [-0.4, -0.2) is 58.5 Å². The van der Waals surface area contributed by atoms with Gasteiger partial charge in [0.1, 0.15) is 17.5 Å². The lowest BCUT2D eigenvalue weighted by Crippen LogP contribution is -2.51. The van der Waals surface area contributed by atoms with Gasteiger partial charge in [0.15, 0.2) is 5.65 Å². The van der Waals surface area contributed by atoms with E-state index >= 15 is 0 Å². The van der Waals surface area contributed by atoms with Gasteiger partial charge in [-0.15, -0.1) is 0 Å². The standard InChI is InChI=1S/C31H34N4O6S/c1-21-8-14-25(15-9-21)42(39,40)35-19-17-26-28(16-18-32-29(26)35)41-24-12-10-22(11-13-24)20-27(34(2)31(37)38)30(36)33-23-6-4-3-5-7-23/h8-19,23,27H,3-7,20H2,1-2H3,(H,33,36)(H,37,38)/t27-/m0/s1. The molecule has 2 amide bonds. The maximum absolute atomic E-state index is 13.3. The quantitative estimate of drug-likeness (QED) is 0.269. The Hall–Kier alpha value is -4.38. The summed E-state index contributed by atoms with van der Waals surface area (Å²) < 4.78 is 33.8. The Morgan fingerprint density at radius 1 is 1.05 bits per heavy atom. The molecule has 1 atom stereocenters.